The van der Waals surface area contributed by atoms with E-state index in [2.05, 4.69) is 5.32 Å². The number of aryl methyl sites for hydroxylation is 1. The van der Waals surface area contributed by atoms with Gasteiger partial charge in [-0.05, 0) is 24.6 Å². The number of nitrogens with one attached hydrogen (secondary N) is 1. The Morgan fingerprint density at radius 2 is 2.05 bits per heavy atom. The highest BCUT2D eigenvalue weighted by atomic mass is 16.4. The van der Waals surface area contributed by atoms with E-state index in [1.165, 1.54) is 4.57 Å². The van der Waals surface area contributed by atoms with Crippen LogP contribution < -0.4 is 11.1 Å². The Kier molecular flexibility index (Phi) is 3.70. The molecule has 0 aliphatic rings. The van der Waals surface area contributed by atoms with Crippen LogP contribution in [0.2, 0.25) is 0 Å². The van der Waals surface area contributed by atoms with Gasteiger partial charge < -0.3 is 9.73 Å². The van der Waals surface area contributed by atoms with Crippen molar-refractivity contribution in [1.82, 2.24) is 9.88 Å². The highest BCUT2D eigenvalue weighted by Crippen LogP contribution is 2.15. The molecule has 0 aliphatic heterocycles. The van der Waals surface area contributed by atoms with Gasteiger partial charge in [-0.3, -0.25) is 9.36 Å². The van der Waals surface area contributed by atoms with Crippen LogP contribution in [-0.4, -0.2) is 17.0 Å². The summed E-state index contributed by atoms with van der Waals surface area (Å²) < 4.78 is 6.74. The molecule has 1 aromatic heterocycles. The summed E-state index contributed by atoms with van der Waals surface area (Å²) >= 11 is 0. The maximum absolute atomic E-state index is 11.8. The molecule has 0 saturated heterocycles. The minimum Gasteiger partial charge on any atom is -0.408 e. The number of carbonyl (C=O) groups is 1. The Labute approximate surface area is 117 Å². The zero-order valence-corrected chi connectivity index (χ0v) is 12.3. The summed E-state index contributed by atoms with van der Waals surface area (Å²) in [6.07, 6.45) is 0. The molecule has 0 aliphatic carbocycles. The number of benzene rings is 1. The third-order valence-corrected chi connectivity index (χ3v) is 3.13. The fourth-order valence-electron chi connectivity index (χ4n) is 1.93. The minimum absolute atomic E-state index is 0.0332. The third kappa shape index (κ3) is 2.92. The van der Waals surface area contributed by atoms with E-state index < -0.39 is 11.2 Å². The number of fused-ring (bicyclic) bond motifs is 1. The Balaban J connectivity index is 2.13. The van der Waals surface area contributed by atoms with E-state index in [4.69, 9.17) is 4.42 Å². The molecule has 1 heterocycles. The molecule has 1 amide bonds. The van der Waals surface area contributed by atoms with Crippen molar-refractivity contribution in [2.24, 2.45) is 5.41 Å². The first kappa shape index (κ1) is 14.4. The molecule has 2 aromatic rings. The molecule has 20 heavy (non-hydrogen) atoms. The summed E-state index contributed by atoms with van der Waals surface area (Å²) in [5.74, 6) is -0.426. The molecule has 108 valence electrons. The Morgan fingerprint density at radius 3 is 2.70 bits per heavy atom. The predicted molar refractivity (Wildman–Crippen MR) is 77.7 cm³/mol. The Hall–Kier alpha value is -2.04. The molecule has 2 rings (SSSR count). The third-order valence-electron chi connectivity index (χ3n) is 3.13. The van der Waals surface area contributed by atoms with Crippen molar-refractivity contribution in [3.63, 3.8) is 0 Å². The minimum atomic E-state index is -0.430. The van der Waals surface area contributed by atoms with E-state index in [1.807, 2.05) is 45.9 Å². The lowest BCUT2D eigenvalue weighted by Gasteiger charge is -2.17. The smallest absolute Gasteiger partial charge is 0.408 e. The SMILES string of the molecule is Cc1ccc2c(c1)oc(=O)n2CCNC(=O)C(C)(C)C. The molecule has 0 unspecified atom stereocenters. The standard InChI is InChI=1S/C15H20N2O3/c1-10-5-6-11-12(9-10)20-14(19)17(11)8-7-16-13(18)15(2,3)4/h5-6,9H,7-8H2,1-4H3,(H,16,18). The number of hydrogen-bond donors (Lipinski definition) is 1. The highest BCUT2D eigenvalue weighted by molar-refractivity contribution is 5.81. The number of amides is 1. The van der Waals surface area contributed by atoms with E-state index in [-0.39, 0.29) is 5.91 Å². The lowest BCUT2D eigenvalue weighted by atomic mass is 9.96. The molecule has 0 atom stereocenters. The van der Waals surface area contributed by atoms with Crippen molar-refractivity contribution in [1.29, 1.82) is 0 Å². The zero-order valence-electron chi connectivity index (χ0n) is 12.3. The lowest BCUT2D eigenvalue weighted by Crippen LogP contribution is -2.37. The van der Waals surface area contributed by atoms with Gasteiger partial charge in [-0.1, -0.05) is 26.8 Å². The molecule has 5 heteroatoms. The van der Waals surface area contributed by atoms with Gasteiger partial charge in [0.15, 0.2) is 5.58 Å². The van der Waals surface area contributed by atoms with Crippen LogP contribution in [0.5, 0.6) is 0 Å². The molecular formula is C15H20N2O3. The number of carbonyl (C=O) groups excluding carboxylic acids is 1. The van der Waals surface area contributed by atoms with Crippen LogP contribution in [0.4, 0.5) is 0 Å². The van der Waals surface area contributed by atoms with Gasteiger partial charge in [0.2, 0.25) is 5.91 Å². The number of aromatic nitrogens is 1. The predicted octanol–water partition coefficient (Wildman–Crippen LogP) is 2.07. The molecule has 0 fully saturated rings. The molecule has 0 spiro atoms. The van der Waals surface area contributed by atoms with Crippen molar-refractivity contribution in [2.75, 3.05) is 6.54 Å². The van der Waals surface area contributed by atoms with E-state index in [0.717, 1.165) is 11.1 Å². The Morgan fingerprint density at radius 1 is 1.35 bits per heavy atom. The zero-order chi connectivity index (χ0) is 14.9. The first-order valence-corrected chi connectivity index (χ1v) is 6.67. The van der Waals surface area contributed by atoms with Crippen LogP contribution in [0.25, 0.3) is 11.1 Å². The van der Waals surface area contributed by atoms with Crippen molar-refractivity contribution in [2.45, 2.75) is 34.2 Å². The van der Waals surface area contributed by atoms with Gasteiger partial charge in [0.1, 0.15) is 0 Å². The molecule has 1 N–H and O–H groups in total. The number of rotatable bonds is 3. The van der Waals surface area contributed by atoms with Gasteiger partial charge in [0.25, 0.3) is 0 Å². The van der Waals surface area contributed by atoms with Crippen molar-refractivity contribution >= 4 is 17.0 Å². The van der Waals surface area contributed by atoms with Crippen molar-refractivity contribution in [3.8, 4) is 0 Å². The van der Waals surface area contributed by atoms with Gasteiger partial charge in [0, 0.05) is 18.5 Å². The van der Waals surface area contributed by atoms with Crippen molar-refractivity contribution in [3.05, 3.63) is 34.3 Å². The summed E-state index contributed by atoms with van der Waals surface area (Å²) in [7, 11) is 0. The van der Waals surface area contributed by atoms with Crippen LogP contribution in [0.15, 0.2) is 27.4 Å². The lowest BCUT2D eigenvalue weighted by molar-refractivity contribution is -0.128. The normalized spacial score (nSPS) is 11.8. The van der Waals surface area contributed by atoms with Crippen LogP contribution in [0, 0.1) is 12.3 Å². The second-order valence-electron chi connectivity index (χ2n) is 6.00. The van der Waals surface area contributed by atoms with Crippen molar-refractivity contribution < 1.29 is 9.21 Å². The van der Waals surface area contributed by atoms with Crippen LogP contribution in [-0.2, 0) is 11.3 Å². The van der Waals surface area contributed by atoms with E-state index in [9.17, 15) is 9.59 Å². The topological polar surface area (TPSA) is 64.2 Å². The van der Waals surface area contributed by atoms with Gasteiger partial charge >= 0.3 is 5.76 Å². The molecular weight excluding hydrogens is 256 g/mol. The van der Waals surface area contributed by atoms with Crippen LogP contribution in [0.3, 0.4) is 0 Å². The summed E-state index contributed by atoms with van der Waals surface area (Å²) in [5, 5.41) is 2.82. The largest absolute Gasteiger partial charge is 0.420 e. The van der Waals surface area contributed by atoms with Crippen LogP contribution >= 0.6 is 0 Å². The number of oxazole rings is 1. The quantitative estimate of drug-likeness (QED) is 0.933. The van der Waals surface area contributed by atoms with E-state index in [1.54, 1.807) is 0 Å². The van der Waals surface area contributed by atoms with Gasteiger partial charge in [-0.2, -0.15) is 0 Å². The van der Waals surface area contributed by atoms with E-state index >= 15 is 0 Å². The maximum Gasteiger partial charge on any atom is 0.420 e. The Bertz CT molecular complexity index is 689. The molecule has 1 aromatic carbocycles. The van der Waals surface area contributed by atoms with Gasteiger partial charge in [-0.25, -0.2) is 4.79 Å². The average Bonchev–Trinajstić information content (AvgIpc) is 2.63. The van der Waals surface area contributed by atoms with E-state index in [0.29, 0.717) is 18.7 Å². The number of hydrogen-bond acceptors (Lipinski definition) is 3. The van der Waals surface area contributed by atoms with Crippen LogP contribution in [0.1, 0.15) is 26.3 Å². The van der Waals surface area contributed by atoms with Gasteiger partial charge in [-0.15, -0.1) is 0 Å². The highest BCUT2D eigenvalue weighted by Gasteiger charge is 2.20. The summed E-state index contributed by atoms with van der Waals surface area (Å²) in [4.78, 5) is 23.6. The average molecular weight is 276 g/mol. The number of nitrogens with zero attached hydrogens (tertiary/aromatic N) is 1. The summed E-state index contributed by atoms with van der Waals surface area (Å²) in [5.41, 5.74) is 1.95. The monoisotopic (exact) mass is 276 g/mol. The molecule has 5 nitrogen and oxygen atoms in total. The molecule has 0 bridgehead atoms. The fourth-order valence-corrected chi connectivity index (χ4v) is 1.93. The molecule has 0 saturated carbocycles. The van der Waals surface area contributed by atoms with Gasteiger partial charge in [0.05, 0.1) is 5.52 Å². The molecule has 0 radical (unpaired) electrons. The first-order chi connectivity index (χ1) is 9.29. The second-order valence-corrected chi connectivity index (χ2v) is 6.00. The summed E-state index contributed by atoms with van der Waals surface area (Å²) in [6.45, 7) is 8.30. The second kappa shape index (κ2) is 5.15. The fraction of sp³-hybridized carbons (Fsp3) is 0.467. The summed E-state index contributed by atoms with van der Waals surface area (Å²) in [6, 6.07) is 5.63. The first-order valence-electron chi connectivity index (χ1n) is 6.67. The maximum atomic E-state index is 11.8.